The van der Waals surface area contributed by atoms with Crippen LogP contribution in [0.1, 0.15) is 81.5 Å². The highest BCUT2D eigenvalue weighted by Gasteiger charge is 2.32. The number of nitrogens with zero attached hydrogens (tertiary/aromatic N) is 2. The molecule has 4 aromatic carbocycles. The average molecular weight is 873 g/mol. The lowest BCUT2D eigenvalue weighted by Gasteiger charge is -2.10. The number of carbonyl (C=O) groups excluding carboxylic acids is 4. The van der Waals surface area contributed by atoms with Crippen molar-refractivity contribution >= 4 is 45.4 Å². The maximum Gasteiger partial charge on any atom is 0.416 e. The highest BCUT2D eigenvalue weighted by molar-refractivity contribution is 6.06. The summed E-state index contributed by atoms with van der Waals surface area (Å²) in [5.74, 6) is -5.21. The quantitative estimate of drug-likeness (QED) is 0.107. The van der Waals surface area contributed by atoms with Crippen LogP contribution in [0.25, 0.3) is 21.8 Å². The molecule has 10 nitrogen and oxygen atoms in total. The first kappa shape index (κ1) is 46.3. The number of rotatable bonds is 9. The van der Waals surface area contributed by atoms with Crippen LogP contribution in [0.2, 0.25) is 0 Å². The van der Waals surface area contributed by atoms with Crippen LogP contribution >= 0.6 is 0 Å². The van der Waals surface area contributed by atoms with Crippen LogP contribution < -0.4 is 10.6 Å². The summed E-state index contributed by atoms with van der Waals surface area (Å²) in [6, 6.07) is 11.4. The second kappa shape index (κ2) is 18.1. The molecule has 0 saturated heterocycles. The zero-order valence-corrected chi connectivity index (χ0v) is 33.8. The number of aromatic hydroxyl groups is 2. The van der Waals surface area contributed by atoms with Crippen molar-refractivity contribution in [2.75, 3.05) is 6.54 Å². The van der Waals surface area contributed by atoms with Crippen LogP contribution in [0.5, 0.6) is 11.5 Å². The normalized spacial score (nSPS) is 11.8. The van der Waals surface area contributed by atoms with E-state index in [0.29, 0.717) is 39.8 Å². The number of hydrogen-bond acceptors (Lipinski definition) is 6. The lowest BCUT2D eigenvalue weighted by atomic mass is 10.1. The lowest BCUT2D eigenvalue weighted by Crippen LogP contribution is -2.31. The van der Waals surface area contributed by atoms with Crippen LogP contribution in [-0.4, -0.2) is 55.6 Å². The summed E-state index contributed by atoms with van der Waals surface area (Å²) in [5.41, 5.74) is -0.199. The number of hydrogen-bond donors (Lipinski definition) is 4. The van der Waals surface area contributed by atoms with Gasteiger partial charge in [0.15, 0.2) is 23.1 Å². The molecule has 0 saturated carbocycles. The third-order valence-electron chi connectivity index (χ3n) is 9.83. The minimum Gasteiger partial charge on any atom is -0.505 e. The Hall–Kier alpha value is -6.72. The Bertz CT molecular complexity index is 2680. The minimum absolute atomic E-state index is 0.0385. The molecule has 0 aliphatic carbocycles. The average Bonchev–Trinajstić information content (AvgIpc) is 3.60. The first-order valence-corrected chi connectivity index (χ1v) is 19.0. The van der Waals surface area contributed by atoms with Gasteiger partial charge in [0.25, 0.3) is 11.8 Å². The number of fused-ring (bicyclic) bond motifs is 2. The Morgan fingerprint density at radius 2 is 1.00 bits per heavy atom. The Morgan fingerprint density at radius 1 is 0.629 bits per heavy atom. The van der Waals surface area contributed by atoms with Crippen LogP contribution in [-0.2, 0) is 34.8 Å². The van der Waals surface area contributed by atoms with E-state index in [1.54, 1.807) is 27.7 Å². The van der Waals surface area contributed by atoms with E-state index >= 15 is 0 Å². The summed E-state index contributed by atoms with van der Waals surface area (Å²) in [6.45, 7) is 9.02. The molecular weight excluding hydrogens is 832 g/mol. The number of phenols is 2. The van der Waals surface area contributed by atoms with Gasteiger partial charge in [-0.3, -0.25) is 28.3 Å². The predicted molar refractivity (Wildman–Crippen MR) is 213 cm³/mol. The van der Waals surface area contributed by atoms with E-state index in [9.17, 15) is 64.5 Å². The van der Waals surface area contributed by atoms with Gasteiger partial charge in [0.05, 0.1) is 35.0 Å². The van der Waals surface area contributed by atoms with E-state index < -0.39 is 58.4 Å². The Kier molecular flexibility index (Phi) is 13.5. The van der Waals surface area contributed by atoms with E-state index in [4.69, 9.17) is 0 Å². The molecule has 6 rings (SSSR count). The van der Waals surface area contributed by atoms with E-state index in [1.165, 1.54) is 0 Å². The van der Waals surface area contributed by atoms with E-state index in [2.05, 4.69) is 10.6 Å². The number of amides is 2. The molecule has 2 amide bonds. The first-order chi connectivity index (χ1) is 28.9. The third kappa shape index (κ3) is 9.90. The summed E-state index contributed by atoms with van der Waals surface area (Å²) in [5, 5.41) is 25.7. The molecule has 0 atom stereocenters. The second-order valence-corrected chi connectivity index (χ2v) is 14.6. The van der Waals surface area contributed by atoms with Crippen molar-refractivity contribution in [3.8, 4) is 11.5 Å². The van der Waals surface area contributed by atoms with Gasteiger partial charge in [0.1, 0.15) is 0 Å². The van der Waals surface area contributed by atoms with Gasteiger partial charge in [0.2, 0.25) is 11.8 Å². The van der Waals surface area contributed by atoms with Gasteiger partial charge >= 0.3 is 12.4 Å². The topological polar surface area (TPSA) is 143 Å². The highest BCUT2D eigenvalue weighted by atomic mass is 19.4. The van der Waals surface area contributed by atoms with Gasteiger partial charge in [-0.2, -0.15) is 26.3 Å². The van der Waals surface area contributed by atoms with Crippen LogP contribution in [0.3, 0.4) is 0 Å². The molecule has 0 radical (unpaired) electrons. The fraction of sp³-hybridized carbons (Fsp3) is 0.273. The number of nitrogens with one attached hydrogen (secondary N) is 2. The number of aromatic nitrogens is 2. The summed E-state index contributed by atoms with van der Waals surface area (Å²) < 4.78 is 107. The molecule has 0 aliphatic rings. The molecule has 0 unspecified atom stereocenters. The number of carbonyl (C=O) groups is 4. The van der Waals surface area contributed by atoms with Crippen molar-refractivity contribution in [2.24, 2.45) is 0 Å². The molecule has 0 spiro atoms. The fourth-order valence-electron chi connectivity index (χ4n) is 6.83. The van der Waals surface area contributed by atoms with Crippen molar-refractivity contribution in [2.45, 2.75) is 72.3 Å². The van der Waals surface area contributed by atoms with Crippen molar-refractivity contribution in [3.05, 3.63) is 129 Å². The minimum atomic E-state index is -4.55. The van der Waals surface area contributed by atoms with Crippen LogP contribution in [0.15, 0.2) is 72.8 Å². The zero-order chi connectivity index (χ0) is 46.0. The first-order valence-electron chi connectivity index (χ1n) is 19.0. The van der Waals surface area contributed by atoms with Crippen LogP contribution in [0.4, 0.5) is 35.1 Å². The molecule has 2 heterocycles. The Morgan fingerprint density at radius 3 is 1.34 bits per heavy atom. The number of benzene rings is 4. The smallest absolute Gasteiger partial charge is 0.416 e. The van der Waals surface area contributed by atoms with E-state index in [-0.39, 0.29) is 52.9 Å². The molecule has 0 bridgehead atoms. The van der Waals surface area contributed by atoms with Crippen molar-refractivity contribution < 1.29 is 64.5 Å². The van der Waals surface area contributed by atoms with Crippen LogP contribution in [0, 0.1) is 25.5 Å². The maximum absolute atomic E-state index is 14.1. The molecule has 18 heteroatoms. The van der Waals surface area contributed by atoms with Gasteiger partial charge in [-0.05, 0) is 106 Å². The monoisotopic (exact) mass is 872 g/mol. The molecule has 0 fully saturated rings. The van der Waals surface area contributed by atoms with Crippen molar-refractivity contribution in [3.63, 3.8) is 0 Å². The number of halogens is 8. The van der Waals surface area contributed by atoms with Gasteiger partial charge in [-0.15, -0.1) is 0 Å². The fourth-order valence-corrected chi connectivity index (χ4v) is 6.83. The van der Waals surface area contributed by atoms with Crippen molar-refractivity contribution in [1.82, 2.24) is 19.8 Å². The third-order valence-corrected chi connectivity index (χ3v) is 9.83. The summed E-state index contributed by atoms with van der Waals surface area (Å²) in [6.07, 6.45) is -8.60. The predicted octanol–water partition coefficient (Wildman–Crippen LogP) is 9.14. The number of alkyl halides is 6. The second-order valence-electron chi connectivity index (χ2n) is 14.6. The Balaban J connectivity index is 0.000000234. The zero-order valence-electron chi connectivity index (χ0n) is 33.8. The summed E-state index contributed by atoms with van der Waals surface area (Å²) in [4.78, 5) is 50.8. The van der Waals surface area contributed by atoms with Gasteiger partial charge in [0, 0.05) is 58.0 Å². The molecular formula is C44H40F8N4O6. The summed E-state index contributed by atoms with van der Waals surface area (Å²) in [7, 11) is 0. The molecule has 6 aromatic rings. The Labute approximate surface area is 348 Å². The SMILES string of the molecule is CCCNC(=O)Cc1c(C)n(C(=O)c2ccc(C(F)(F)F)cc2)c2cc(F)c(O)cc12.Cc1c(CC(=O)NC(C)C)c2cc(O)c(F)cc2n1C(=O)c1ccc(C(F)(F)F)cc1. The highest BCUT2D eigenvalue weighted by Crippen LogP contribution is 2.35. The molecule has 4 N–H and O–H groups in total. The standard InChI is InChI=1S/2C22H20F4N2O3/c1-11(2)27-20(30)9-15-12(3)28(18-10-17(23)19(29)8-16(15)18)21(31)13-4-6-14(7-5-13)22(24,25)26;1-3-8-27-20(30)10-15-12(2)28(18-11-17(23)19(29)9-16(15)18)21(31)13-4-6-14(7-5-13)22(24,25)26/h4-8,10-11,29H,9H2,1-3H3,(H,27,30);4-7,9,11,29H,3,8,10H2,1-2H3,(H,27,30). The molecule has 2 aromatic heterocycles. The summed E-state index contributed by atoms with van der Waals surface area (Å²) >= 11 is 0. The van der Waals surface area contributed by atoms with E-state index in [0.717, 1.165) is 88.4 Å². The van der Waals surface area contributed by atoms with Crippen molar-refractivity contribution in [1.29, 1.82) is 0 Å². The molecule has 0 aliphatic heterocycles. The van der Waals surface area contributed by atoms with Gasteiger partial charge in [-0.1, -0.05) is 6.92 Å². The maximum atomic E-state index is 14.1. The number of phenolic OH excluding ortho intramolecular Hbond substituents is 2. The lowest BCUT2D eigenvalue weighted by molar-refractivity contribution is -0.138. The van der Waals surface area contributed by atoms with Gasteiger partial charge < -0.3 is 20.8 Å². The van der Waals surface area contributed by atoms with E-state index in [1.807, 2.05) is 6.92 Å². The van der Waals surface area contributed by atoms with Gasteiger partial charge in [-0.25, -0.2) is 8.78 Å². The molecule has 328 valence electrons. The largest absolute Gasteiger partial charge is 0.505 e. The molecule has 62 heavy (non-hydrogen) atoms.